The van der Waals surface area contributed by atoms with Gasteiger partial charge in [-0.25, -0.2) is 4.79 Å². The van der Waals surface area contributed by atoms with Crippen molar-refractivity contribution in [3.63, 3.8) is 0 Å². The van der Waals surface area contributed by atoms with Gasteiger partial charge in [0.1, 0.15) is 4.88 Å². The van der Waals surface area contributed by atoms with E-state index >= 15 is 0 Å². The Bertz CT molecular complexity index is 721. The number of rotatable bonds is 7. The molecule has 2 aromatic rings. The lowest BCUT2D eigenvalue weighted by atomic mass is 10.1. The van der Waals surface area contributed by atoms with Crippen LogP contribution in [0.1, 0.15) is 45.9 Å². The first-order valence-corrected chi connectivity index (χ1v) is 9.01. The Morgan fingerprint density at radius 1 is 1.21 bits per heavy atom. The van der Waals surface area contributed by atoms with E-state index < -0.39 is 5.97 Å². The maximum atomic E-state index is 12.2. The molecule has 0 radical (unpaired) electrons. The molecule has 1 aromatic carbocycles. The maximum absolute atomic E-state index is 12.2. The van der Waals surface area contributed by atoms with Crippen LogP contribution < -0.4 is 5.32 Å². The van der Waals surface area contributed by atoms with E-state index in [-0.39, 0.29) is 12.5 Å². The molecule has 1 N–H and O–H groups in total. The van der Waals surface area contributed by atoms with Gasteiger partial charge in [-0.15, -0.1) is 11.3 Å². The van der Waals surface area contributed by atoms with Crippen molar-refractivity contribution in [2.24, 2.45) is 0 Å². The minimum atomic E-state index is -0.433. The second-order valence-electron chi connectivity index (χ2n) is 5.60. The molecule has 4 nitrogen and oxygen atoms in total. The Labute approximate surface area is 146 Å². The molecule has 0 spiro atoms. The first kappa shape index (κ1) is 18.2. The van der Waals surface area contributed by atoms with Gasteiger partial charge in [0, 0.05) is 10.6 Å². The lowest BCUT2D eigenvalue weighted by molar-refractivity contribution is -0.119. The molecular formula is C19H23NO3S. The Kier molecular flexibility index (Phi) is 6.55. The van der Waals surface area contributed by atoms with Gasteiger partial charge in [0.2, 0.25) is 0 Å². The number of benzene rings is 1. The van der Waals surface area contributed by atoms with E-state index in [1.54, 1.807) is 0 Å². The number of hydrogen-bond acceptors (Lipinski definition) is 4. The van der Waals surface area contributed by atoms with Crippen molar-refractivity contribution < 1.29 is 14.3 Å². The number of esters is 1. The predicted octanol–water partition coefficient (Wildman–Crippen LogP) is 4.37. The van der Waals surface area contributed by atoms with Gasteiger partial charge >= 0.3 is 5.97 Å². The number of aryl methyl sites for hydroxylation is 3. The van der Waals surface area contributed by atoms with Crippen LogP contribution in [0.5, 0.6) is 0 Å². The molecule has 1 heterocycles. The monoisotopic (exact) mass is 345 g/mol. The number of thiophene rings is 1. The minimum Gasteiger partial charge on any atom is -0.451 e. The molecule has 0 aliphatic heterocycles. The average molecular weight is 345 g/mol. The van der Waals surface area contributed by atoms with Gasteiger partial charge < -0.3 is 10.1 Å². The Hall–Kier alpha value is -2.14. The predicted molar refractivity (Wildman–Crippen MR) is 97.8 cm³/mol. The highest BCUT2D eigenvalue weighted by atomic mass is 32.1. The van der Waals surface area contributed by atoms with Gasteiger partial charge in [-0.05, 0) is 43.0 Å². The van der Waals surface area contributed by atoms with E-state index in [4.69, 9.17) is 4.74 Å². The molecule has 5 heteroatoms. The zero-order chi connectivity index (χ0) is 17.5. The molecule has 1 amide bonds. The smallest absolute Gasteiger partial charge is 0.348 e. The number of carbonyl (C=O) groups excluding carboxylic acids is 2. The summed E-state index contributed by atoms with van der Waals surface area (Å²) in [6.07, 6.45) is 2.91. The second-order valence-corrected chi connectivity index (χ2v) is 6.74. The van der Waals surface area contributed by atoms with Crippen LogP contribution >= 0.6 is 11.3 Å². The molecule has 0 bridgehead atoms. The summed E-state index contributed by atoms with van der Waals surface area (Å²) < 4.78 is 5.15. The van der Waals surface area contributed by atoms with Crippen LogP contribution in [0, 0.1) is 6.92 Å². The highest BCUT2D eigenvalue weighted by molar-refractivity contribution is 7.14. The minimum absolute atomic E-state index is 0.282. The van der Waals surface area contributed by atoms with Crippen LogP contribution in [0.3, 0.4) is 0 Å². The van der Waals surface area contributed by atoms with Crippen LogP contribution in [-0.2, 0) is 22.4 Å². The molecule has 0 aliphatic carbocycles. The van der Waals surface area contributed by atoms with Crippen molar-refractivity contribution >= 4 is 28.9 Å². The first-order chi connectivity index (χ1) is 11.5. The molecule has 0 unspecified atom stereocenters. The number of para-hydroxylation sites is 1. The van der Waals surface area contributed by atoms with Gasteiger partial charge in [0.15, 0.2) is 6.61 Å². The van der Waals surface area contributed by atoms with Crippen LogP contribution in [-0.4, -0.2) is 18.5 Å². The summed E-state index contributed by atoms with van der Waals surface area (Å²) in [7, 11) is 0. The van der Waals surface area contributed by atoms with Crippen LogP contribution in [0.15, 0.2) is 30.3 Å². The third kappa shape index (κ3) is 4.68. The van der Waals surface area contributed by atoms with E-state index in [1.165, 1.54) is 21.8 Å². The van der Waals surface area contributed by atoms with Crippen molar-refractivity contribution in [3.8, 4) is 0 Å². The van der Waals surface area contributed by atoms with Gasteiger partial charge in [0.05, 0.1) is 0 Å². The Balaban J connectivity index is 1.93. The van der Waals surface area contributed by atoms with Crippen molar-refractivity contribution in [1.29, 1.82) is 0 Å². The summed E-state index contributed by atoms with van der Waals surface area (Å²) >= 11 is 1.47. The molecule has 128 valence electrons. The van der Waals surface area contributed by atoms with E-state index in [0.29, 0.717) is 4.88 Å². The van der Waals surface area contributed by atoms with Crippen molar-refractivity contribution in [3.05, 3.63) is 51.2 Å². The Morgan fingerprint density at radius 2 is 1.96 bits per heavy atom. The maximum Gasteiger partial charge on any atom is 0.348 e. The summed E-state index contributed by atoms with van der Waals surface area (Å²) in [6, 6.07) is 9.37. The van der Waals surface area contributed by atoms with Crippen molar-refractivity contribution in [1.82, 2.24) is 0 Å². The summed E-state index contributed by atoms with van der Waals surface area (Å²) in [4.78, 5) is 25.9. The summed E-state index contributed by atoms with van der Waals surface area (Å²) in [5, 5.41) is 2.75. The van der Waals surface area contributed by atoms with E-state index in [0.717, 1.165) is 30.5 Å². The van der Waals surface area contributed by atoms with Crippen molar-refractivity contribution in [2.45, 2.75) is 40.0 Å². The average Bonchev–Trinajstić information content (AvgIpc) is 2.98. The van der Waals surface area contributed by atoms with Crippen LogP contribution in [0.4, 0.5) is 5.69 Å². The summed E-state index contributed by atoms with van der Waals surface area (Å²) in [5.41, 5.74) is 2.89. The number of amides is 1. The van der Waals surface area contributed by atoms with E-state index in [1.807, 2.05) is 37.3 Å². The molecule has 0 atom stereocenters. The number of carbonyl (C=O) groups is 2. The molecule has 0 aliphatic rings. The lowest BCUT2D eigenvalue weighted by Crippen LogP contribution is -2.21. The van der Waals surface area contributed by atoms with Crippen LogP contribution in [0.2, 0.25) is 0 Å². The normalized spacial score (nSPS) is 10.5. The zero-order valence-corrected chi connectivity index (χ0v) is 15.2. The van der Waals surface area contributed by atoms with E-state index in [2.05, 4.69) is 19.2 Å². The number of anilines is 1. The molecular weight excluding hydrogens is 322 g/mol. The van der Waals surface area contributed by atoms with Gasteiger partial charge in [-0.3, -0.25) is 4.79 Å². The lowest BCUT2D eigenvalue weighted by Gasteiger charge is -2.08. The molecule has 0 saturated heterocycles. The van der Waals surface area contributed by atoms with Gasteiger partial charge in [0.25, 0.3) is 5.91 Å². The SMILES string of the molecule is CCCc1sc(C(=O)OCC(=O)Nc2ccccc2C)cc1CC. The topological polar surface area (TPSA) is 55.4 Å². The standard InChI is InChI=1S/C19H23NO3S/c1-4-8-16-14(5-2)11-17(24-16)19(22)23-12-18(21)20-15-10-7-6-9-13(15)3/h6-7,9-11H,4-5,8,12H2,1-3H3,(H,20,21). The number of ether oxygens (including phenoxy) is 1. The fraction of sp³-hybridized carbons (Fsp3) is 0.368. The second kappa shape index (κ2) is 8.64. The third-order valence-corrected chi connectivity index (χ3v) is 4.93. The van der Waals surface area contributed by atoms with Gasteiger partial charge in [-0.2, -0.15) is 0 Å². The molecule has 0 fully saturated rings. The number of hydrogen-bond donors (Lipinski definition) is 1. The molecule has 0 saturated carbocycles. The first-order valence-electron chi connectivity index (χ1n) is 8.19. The molecule has 1 aromatic heterocycles. The highest BCUT2D eigenvalue weighted by Crippen LogP contribution is 2.25. The van der Waals surface area contributed by atoms with Crippen LogP contribution in [0.25, 0.3) is 0 Å². The molecule has 24 heavy (non-hydrogen) atoms. The van der Waals surface area contributed by atoms with E-state index in [9.17, 15) is 9.59 Å². The third-order valence-electron chi connectivity index (χ3n) is 3.71. The fourth-order valence-corrected chi connectivity index (χ4v) is 3.66. The Morgan fingerprint density at radius 3 is 2.62 bits per heavy atom. The summed E-state index contributed by atoms with van der Waals surface area (Å²) in [6.45, 7) is 5.82. The van der Waals surface area contributed by atoms with Gasteiger partial charge in [-0.1, -0.05) is 38.5 Å². The zero-order valence-electron chi connectivity index (χ0n) is 14.3. The molecule has 2 rings (SSSR count). The largest absolute Gasteiger partial charge is 0.451 e. The number of nitrogens with one attached hydrogen (secondary N) is 1. The fourth-order valence-electron chi connectivity index (χ4n) is 2.41. The highest BCUT2D eigenvalue weighted by Gasteiger charge is 2.16. The quantitative estimate of drug-likeness (QED) is 0.758. The summed E-state index contributed by atoms with van der Waals surface area (Å²) in [5.74, 6) is -0.768. The van der Waals surface area contributed by atoms with Crippen molar-refractivity contribution in [2.75, 3.05) is 11.9 Å².